The maximum absolute atomic E-state index is 11.9. The van der Waals surface area contributed by atoms with Crippen molar-refractivity contribution >= 4 is 17.4 Å². The van der Waals surface area contributed by atoms with Gasteiger partial charge in [-0.25, -0.2) is 0 Å². The number of hydrogen-bond acceptors (Lipinski definition) is 2. The van der Waals surface area contributed by atoms with Gasteiger partial charge in [-0.05, 0) is 30.2 Å². The largest absolute Gasteiger partial charge is 0.485 e. The van der Waals surface area contributed by atoms with Gasteiger partial charge in [-0.2, -0.15) is 0 Å². The summed E-state index contributed by atoms with van der Waals surface area (Å²) in [7, 11) is 0. The van der Waals surface area contributed by atoms with Crippen LogP contribution in [0.15, 0.2) is 48.5 Å². The Morgan fingerprint density at radius 3 is 2.53 bits per heavy atom. The molecular formula is C16H15ClO2. The molecule has 0 spiro atoms. The third-order valence-corrected chi connectivity index (χ3v) is 3.09. The highest BCUT2D eigenvalue weighted by Gasteiger charge is 2.06. The molecule has 0 radical (unpaired) electrons. The van der Waals surface area contributed by atoms with Crippen LogP contribution in [0.1, 0.15) is 22.8 Å². The lowest BCUT2D eigenvalue weighted by Gasteiger charge is -2.06. The zero-order valence-electron chi connectivity index (χ0n) is 10.7. The summed E-state index contributed by atoms with van der Waals surface area (Å²) in [5, 5.41) is 0.595. The van der Waals surface area contributed by atoms with Crippen molar-refractivity contribution in [3.63, 3.8) is 0 Å². The summed E-state index contributed by atoms with van der Waals surface area (Å²) < 4.78 is 5.43. The molecule has 0 aliphatic heterocycles. The maximum atomic E-state index is 11.9. The van der Waals surface area contributed by atoms with Crippen molar-refractivity contribution in [1.29, 1.82) is 0 Å². The van der Waals surface area contributed by atoms with Crippen LogP contribution in [-0.2, 0) is 6.42 Å². The summed E-state index contributed by atoms with van der Waals surface area (Å²) in [6.45, 7) is 2.10. The van der Waals surface area contributed by atoms with Gasteiger partial charge in [0.2, 0.25) is 0 Å². The second-order valence-corrected chi connectivity index (χ2v) is 4.66. The van der Waals surface area contributed by atoms with Gasteiger partial charge in [0, 0.05) is 10.6 Å². The molecule has 0 atom stereocenters. The molecule has 0 saturated carbocycles. The molecule has 2 aromatic carbocycles. The van der Waals surface area contributed by atoms with Crippen LogP contribution in [0.3, 0.4) is 0 Å². The fraction of sp³-hybridized carbons (Fsp3) is 0.188. The molecular weight excluding hydrogens is 260 g/mol. The Hall–Kier alpha value is -1.80. The smallest absolute Gasteiger partial charge is 0.200 e. The lowest BCUT2D eigenvalue weighted by Crippen LogP contribution is -2.11. The van der Waals surface area contributed by atoms with Crippen LogP contribution in [0, 0.1) is 0 Å². The first-order valence-corrected chi connectivity index (χ1v) is 6.57. The van der Waals surface area contributed by atoms with Gasteiger partial charge in [0.1, 0.15) is 5.75 Å². The van der Waals surface area contributed by atoms with E-state index in [1.165, 1.54) is 5.56 Å². The number of halogens is 1. The third kappa shape index (κ3) is 3.83. The number of rotatable bonds is 5. The van der Waals surface area contributed by atoms with E-state index in [0.29, 0.717) is 16.3 Å². The van der Waals surface area contributed by atoms with E-state index in [2.05, 4.69) is 6.92 Å². The number of Topliss-reactive ketones (excluding diaryl/α,β-unsaturated/α-hetero) is 1. The van der Waals surface area contributed by atoms with Gasteiger partial charge in [-0.1, -0.05) is 48.9 Å². The molecule has 0 heterocycles. The number of carbonyl (C=O) groups excluding carboxylic acids is 1. The molecule has 0 saturated heterocycles. The van der Waals surface area contributed by atoms with Crippen LogP contribution in [-0.4, -0.2) is 12.4 Å². The average Bonchev–Trinajstić information content (AvgIpc) is 2.45. The van der Waals surface area contributed by atoms with Crippen molar-refractivity contribution < 1.29 is 9.53 Å². The van der Waals surface area contributed by atoms with Gasteiger partial charge < -0.3 is 4.74 Å². The Balaban J connectivity index is 1.97. The Bertz CT molecular complexity index is 561. The standard InChI is InChI=1S/C16H15ClO2/c1-2-12-6-8-13(9-7-12)16(18)11-19-15-5-3-4-14(17)10-15/h3-10H,2,11H2,1H3. The first-order valence-electron chi connectivity index (χ1n) is 6.19. The molecule has 0 fully saturated rings. The highest BCUT2D eigenvalue weighted by atomic mass is 35.5. The molecule has 2 aromatic rings. The average molecular weight is 275 g/mol. The van der Waals surface area contributed by atoms with Crippen LogP contribution in [0.4, 0.5) is 0 Å². The third-order valence-electron chi connectivity index (χ3n) is 2.85. The second kappa shape index (κ2) is 6.39. The van der Waals surface area contributed by atoms with Crippen LogP contribution in [0.5, 0.6) is 5.75 Å². The molecule has 0 aliphatic rings. The minimum Gasteiger partial charge on any atom is -0.485 e. The van der Waals surface area contributed by atoms with Crippen LogP contribution in [0.2, 0.25) is 5.02 Å². The number of ether oxygens (including phenoxy) is 1. The monoisotopic (exact) mass is 274 g/mol. The summed E-state index contributed by atoms with van der Waals surface area (Å²) in [5.74, 6) is 0.564. The van der Waals surface area contributed by atoms with Crippen molar-refractivity contribution in [1.82, 2.24) is 0 Å². The summed E-state index contributed by atoms with van der Waals surface area (Å²) in [4.78, 5) is 11.9. The Kier molecular flexibility index (Phi) is 4.58. The highest BCUT2D eigenvalue weighted by molar-refractivity contribution is 6.30. The van der Waals surface area contributed by atoms with Gasteiger partial charge >= 0.3 is 0 Å². The first kappa shape index (κ1) is 13.6. The van der Waals surface area contributed by atoms with Gasteiger partial charge in [-0.15, -0.1) is 0 Å². The minimum absolute atomic E-state index is 0.0197. The predicted octanol–water partition coefficient (Wildman–Crippen LogP) is 4.16. The number of aryl methyl sites for hydroxylation is 1. The number of hydrogen-bond donors (Lipinski definition) is 0. The molecule has 2 nitrogen and oxygen atoms in total. The van der Waals surface area contributed by atoms with Crippen molar-refractivity contribution in [3.8, 4) is 5.75 Å². The molecule has 3 heteroatoms. The fourth-order valence-electron chi connectivity index (χ4n) is 1.72. The van der Waals surface area contributed by atoms with E-state index in [1.807, 2.05) is 24.3 Å². The zero-order valence-corrected chi connectivity index (χ0v) is 11.5. The van der Waals surface area contributed by atoms with Crippen LogP contribution in [0.25, 0.3) is 0 Å². The molecule has 19 heavy (non-hydrogen) atoms. The van der Waals surface area contributed by atoms with Gasteiger partial charge in [-0.3, -0.25) is 4.79 Å². The maximum Gasteiger partial charge on any atom is 0.200 e. The van der Waals surface area contributed by atoms with Crippen molar-refractivity contribution in [2.24, 2.45) is 0 Å². The van der Waals surface area contributed by atoms with E-state index in [-0.39, 0.29) is 12.4 Å². The summed E-state index contributed by atoms with van der Waals surface area (Å²) in [5.41, 5.74) is 1.88. The molecule has 2 rings (SSSR count). The lowest BCUT2D eigenvalue weighted by atomic mass is 10.1. The van der Waals surface area contributed by atoms with Crippen LogP contribution >= 0.6 is 11.6 Å². The summed E-state index contributed by atoms with van der Waals surface area (Å²) >= 11 is 5.85. The number of ketones is 1. The zero-order chi connectivity index (χ0) is 13.7. The first-order chi connectivity index (χ1) is 9.19. The van der Waals surface area contributed by atoms with Crippen LogP contribution < -0.4 is 4.74 Å². The molecule has 0 aliphatic carbocycles. The SMILES string of the molecule is CCc1ccc(C(=O)COc2cccc(Cl)c2)cc1. The van der Waals surface area contributed by atoms with Crippen molar-refractivity contribution in [2.75, 3.05) is 6.61 Å². The van der Waals surface area contributed by atoms with E-state index in [0.717, 1.165) is 6.42 Å². The van der Waals surface area contributed by atoms with Crippen molar-refractivity contribution in [3.05, 3.63) is 64.7 Å². The van der Waals surface area contributed by atoms with Gasteiger partial charge in [0.05, 0.1) is 0 Å². The Morgan fingerprint density at radius 1 is 1.16 bits per heavy atom. The topological polar surface area (TPSA) is 26.3 Å². The molecule has 98 valence electrons. The van der Waals surface area contributed by atoms with E-state index < -0.39 is 0 Å². The van der Waals surface area contributed by atoms with E-state index in [4.69, 9.17) is 16.3 Å². The molecule has 0 N–H and O–H groups in total. The second-order valence-electron chi connectivity index (χ2n) is 4.22. The molecule has 0 amide bonds. The van der Waals surface area contributed by atoms with Crippen molar-refractivity contribution in [2.45, 2.75) is 13.3 Å². The minimum atomic E-state index is -0.0392. The fourth-order valence-corrected chi connectivity index (χ4v) is 1.90. The Labute approximate surface area is 118 Å². The number of benzene rings is 2. The summed E-state index contributed by atoms with van der Waals surface area (Å²) in [6.07, 6.45) is 0.966. The predicted molar refractivity (Wildman–Crippen MR) is 77.1 cm³/mol. The molecule has 0 aromatic heterocycles. The highest BCUT2D eigenvalue weighted by Crippen LogP contribution is 2.17. The quantitative estimate of drug-likeness (QED) is 0.765. The van der Waals surface area contributed by atoms with Gasteiger partial charge in [0.15, 0.2) is 12.4 Å². The van der Waals surface area contributed by atoms with E-state index in [1.54, 1.807) is 24.3 Å². The summed E-state index contributed by atoms with van der Waals surface area (Å²) in [6, 6.07) is 14.6. The molecule has 0 unspecified atom stereocenters. The van der Waals surface area contributed by atoms with Gasteiger partial charge in [0.25, 0.3) is 0 Å². The van der Waals surface area contributed by atoms with E-state index in [9.17, 15) is 4.79 Å². The van der Waals surface area contributed by atoms with E-state index >= 15 is 0 Å². The normalized spacial score (nSPS) is 10.2. The Morgan fingerprint density at radius 2 is 1.89 bits per heavy atom. The molecule has 0 bridgehead atoms. The lowest BCUT2D eigenvalue weighted by molar-refractivity contribution is 0.0921. The number of carbonyl (C=O) groups is 1.